The Labute approximate surface area is 182 Å². The summed E-state index contributed by atoms with van der Waals surface area (Å²) in [5, 5.41) is 9.03. The number of hydrogen-bond donors (Lipinski definition) is 3. The summed E-state index contributed by atoms with van der Waals surface area (Å²) in [4.78, 5) is 24.9. The second-order valence-corrected chi connectivity index (χ2v) is 7.76. The van der Waals surface area contributed by atoms with E-state index in [0.29, 0.717) is 12.1 Å². The Morgan fingerprint density at radius 3 is 2.32 bits per heavy atom. The fraction of sp³-hybridized carbons (Fsp3) is 0.231. The lowest BCUT2D eigenvalue weighted by Crippen LogP contribution is -2.43. The number of amides is 2. The van der Waals surface area contributed by atoms with Crippen LogP contribution in [0.25, 0.3) is 11.1 Å². The summed E-state index contributed by atoms with van der Waals surface area (Å²) in [7, 11) is 0. The van der Waals surface area contributed by atoms with Crippen molar-refractivity contribution in [1.82, 2.24) is 16.0 Å². The molecule has 0 fully saturated rings. The molecule has 1 atom stereocenters. The smallest absolute Gasteiger partial charge is 0.251 e. The van der Waals surface area contributed by atoms with Gasteiger partial charge in [0.05, 0.1) is 12.6 Å². The molecule has 0 radical (unpaired) electrons. The van der Waals surface area contributed by atoms with E-state index >= 15 is 0 Å². The quantitative estimate of drug-likeness (QED) is 0.578. The maximum absolute atomic E-state index is 12.5. The number of aryl methyl sites for hydroxylation is 1. The lowest BCUT2D eigenvalue weighted by molar-refractivity contribution is -0.120. The minimum Gasteiger partial charge on any atom is -0.346 e. The first-order chi connectivity index (χ1) is 15.1. The fourth-order valence-corrected chi connectivity index (χ4v) is 3.88. The Morgan fingerprint density at radius 1 is 0.935 bits per heavy atom. The van der Waals surface area contributed by atoms with E-state index in [9.17, 15) is 9.59 Å². The van der Waals surface area contributed by atoms with Gasteiger partial charge in [0.25, 0.3) is 5.91 Å². The van der Waals surface area contributed by atoms with Crippen LogP contribution in [0.2, 0.25) is 0 Å². The van der Waals surface area contributed by atoms with Crippen molar-refractivity contribution in [2.75, 3.05) is 13.1 Å². The van der Waals surface area contributed by atoms with Crippen LogP contribution in [0, 0.1) is 0 Å². The third-order valence-electron chi connectivity index (χ3n) is 5.68. The van der Waals surface area contributed by atoms with Crippen LogP contribution in [0.5, 0.6) is 0 Å². The molecule has 0 bridgehead atoms. The first-order valence-corrected chi connectivity index (χ1v) is 10.7. The minimum absolute atomic E-state index is 0.0578. The third kappa shape index (κ3) is 5.01. The van der Waals surface area contributed by atoms with Crippen molar-refractivity contribution in [1.29, 1.82) is 0 Å². The van der Waals surface area contributed by atoms with Crippen molar-refractivity contribution in [3.05, 3.63) is 95.1 Å². The second-order valence-electron chi connectivity index (χ2n) is 7.76. The number of carbonyl (C=O) groups is 2. The van der Waals surface area contributed by atoms with Crippen LogP contribution in [0.3, 0.4) is 0 Å². The van der Waals surface area contributed by atoms with Gasteiger partial charge in [-0.2, -0.15) is 0 Å². The molecule has 2 amide bonds. The van der Waals surface area contributed by atoms with Crippen LogP contribution >= 0.6 is 0 Å². The third-order valence-corrected chi connectivity index (χ3v) is 5.68. The minimum atomic E-state index is -0.259. The molecule has 1 aliphatic heterocycles. The highest BCUT2D eigenvalue weighted by Crippen LogP contribution is 2.22. The molecule has 5 nitrogen and oxygen atoms in total. The van der Waals surface area contributed by atoms with Gasteiger partial charge in [-0.05, 0) is 46.4 Å². The van der Waals surface area contributed by atoms with Crippen LogP contribution in [0.1, 0.15) is 40.0 Å². The molecule has 0 aliphatic carbocycles. The van der Waals surface area contributed by atoms with Crippen LogP contribution < -0.4 is 16.0 Å². The van der Waals surface area contributed by atoms with Gasteiger partial charge in [0.2, 0.25) is 5.91 Å². The van der Waals surface area contributed by atoms with E-state index in [1.165, 1.54) is 11.1 Å². The average Bonchev–Trinajstić information content (AvgIpc) is 2.83. The number of rotatable bonds is 6. The molecule has 0 aromatic heterocycles. The zero-order chi connectivity index (χ0) is 21.6. The number of fused-ring (bicyclic) bond motifs is 1. The van der Waals surface area contributed by atoms with E-state index in [4.69, 9.17) is 0 Å². The molecular formula is C26H27N3O2. The number of carbonyl (C=O) groups excluding carboxylic acids is 2. The topological polar surface area (TPSA) is 70.2 Å². The normalized spacial score (nSPS) is 15.1. The van der Waals surface area contributed by atoms with Crippen LogP contribution in [0.4, 0.5) is 0 Å². The monoisotopic (exact) mass is 413 g/mol. The highest BCUT2D eigenvalue weighted by Gasteiger charge is 2.21. The highest BCUT2D eigenvalue weighted by molar-refractivity contribution is 5.96. The molecule has 0 spiro atoms. The Kier molecular flexibility index (Phi) is 6.43. The predicted octanol–water partition coefficient (Wildman–Crippen LogP) is 3.61. The van der Waals surface area contributed by atoms with Gasteiger partial charge in [-0.25, -0.2) is 0 Å². The lowest BCUT2D eigenvalue weighted by Gasteiger charge is -2.27. The predicted molar refractivity (Wildman–Crippen MR) is 123 cm³/mol. The average molecular weight is 414 g/mol. The molecule has 0 saturated heterocycles. The number of benzene rings is 3. The number of nitrogens with one attached hydrogen (secondary N) is 3. The van der Waals surface area contributed by atoms with E-state index in [1.807, 2.05) is 30.3 Å². The van der Waals surface area contributed by atoms with E-state index in [2.05, 4.69) is 53.2 Å². The zero-order valence-electron chi connectivity index (χ0n) is 17.7. The maximum Gasteiger partial charge on any atom is 0.251 e. The Balaban J connectivity index is 1.32. The van der Waals surface area contributed by atoms with Gasteiger partial charge in [0, 0.05) is 18.7 Å². The maximum atomic E-state index is 12.5. The molecule has 4 rings (SSSR count). The second kappa shape index (κ2) is 9.58. The van der Waals surface area contributed by atoms with Gasteiger partial charge >= 0.3 is 0 Å². The molecule has 0 saturated carbocycles. The van der Waals surface area contributed by atoms with Crippen molar-refractivity contribution in [2.24, 2.45) is 0 Å². The van der Waals surface area contributed by atoms with Gasteiger partial charge in [-0.15, -0.1) is 0 Å². The van der Waals surface area contributed by atoms with Crippen LogP contribution in [0.15, 0.2) is 72.8 Å². The SMILES string of the molecule is CCc1ccc(-c2ccc(C(=O)NCC(=O)NC3CNCc4ccccc43)cc2)cc1. The molecule has 1 unspecified atom stereocenters. The molecule has 5 heteroatoms. The van der Waals surface area contributed by atoms with E-state index in [1.54, 1.807) is 12.1 Å². The lowest BCUT2D eigenvalue weighted by atomic mass is 9.97. The van der Waals surface area contributed by atoms with Crippen LogP contribution in [-0.2, 0) is 17.8 Å². The van der Waals surface area contributed by atoms with Crippen molar-refractivity contribution in [3.63, 3.8) is 0 Å². The van der Waals surface area contributed by atoms with Gasteiger partial charge in [-0.1, -0.05) is 67.6 Å². The molecule has 3 N–H and O–H groups in total. The standard InChI is InChI=1S/C26H27N3O2/c1-2-18-7-9-19(10-8-18)20-11-13-21(14-12-20)26(31)28-17-25(30)29-24-16-27-15-22-5-3-4-6-23(22)24/h3-14,24,27H,2,15-17H2,1H3,(H,28,31)(H,29,30). The molecule has 3 aromatic carbocycles. The first kappa shape index (κ1) is 20.8. The summed E-state index contributed by atoms with van der Waals surface area (Å²) < 4.78 is 0. The zero-order valence-corrected chi connectivity index (χ0v) is 17.7. The first-order valence-electron chi connectivity index (χ1n) is 10.7. The fourth-order valence-electron chi connectivity index (χ4n) is 3.88. The summed E-state index contributed by atoms with van der Waals surface area (Å²) >= 11 is 0. The Morgan fingerprint density at radius 2 is 1.61 bits per heavy atom. The summed E-state index contributed by atoms with van der Waals surface area (Å²) in [6.45, 7) is 3.56. The van der Waals surface area contributed by atoms with Gasteiger partial charge in [-0.3, -0.25) is 9.59 Å². The summed E-state index contributed by atoms with van der Waals surface area (Å²) in [5.74, 6) is -0.463. The van der Waals surface area contributed by atoms with E-state index in [0.717, 1.165) is 29.7 Å². The van der Waals surface area contributed by atoms with Gasteiger partial charge in [0.1, 0.15) is 0 Å². The van der Waals surface area contributed by atoms with Crippen molar-refractivity contribution in [3.8, 4) is 11.1 Å². The Hall–Kier alpha value is -3.44. The van der Waals surface area contributed by atoms with Gasteiger partial charge < -0.3 is 16.0 Å². The van der Waals surface area contributed by atoms with E-state index < -0.39 is 0 Å². The van der Waals surface area contributed by atoms with Crippen molar-refractivity contribution >= 4 is 11.8 Å². The van der Waals surface area contributed by atoms with Crippen molar-refractivity contribution < 1.29 is 9.59 Å². The largest absolute Gasteiger partial charge is 0.346 e. The molecule has 158 valence electrons. The molecule has 1 heterocycles. The Bertz CT molecular complexity index is 1060. The molecule has 3 aromatic rings. The van der Waals surface area contributed by atoms with E-state index in [-0.39, 0.29) is 24.4 Å². The summed E-state index contributed by atoms with van der Waals surface area (Å²) in [6, 6.07) is 23.9. The summed E-state index contributed by atoms with van der Waals surface area (Å²) in [5.41, 5.74) is 6.32. The molecule has 31 heavy (non-hydrogen) atoms. The number of hydrogen-bond acceptors (Lipinski definition) is 3. The molecular weight excluding hydrogens is 386 g/mol. The van der Waals surface area contributed by atoms with Crippen molar-refractivity contribution in [2.45, 2.75) is 25.9 Å². The van der Waals surface area contributed by atoms with Crippen LogP contribution in [-0.4, -0.2) is 24.9 Å². The van der Waals surface area contributed by atoms with Gasteiger partial charge in [0.15, 0.2) is 0 Å². The highest BCUT2D eigenvalue weighted by atomic mass is 16.2. The summed E-state index contributed by atoms with van der Waals surface area (Å²) in [6.07, 6.45) is 1.01. The molecule has 1 aliphatic rings.